The van der Waals surface area contributed by atoms with Crippen LogP contribution >= 0.6 is 0 Å². The summed E-state index contributed by atoms with van der Waals surface area (Å²) in [7, 11) is -3.68. The summed E-state index contributed by atoms with van der Waals surface area (Å²) in [6, 6.07) is 12.5. The first-order valence-corrected chi connectivity index (χ1v) is 10.4. The van der Waals surface area contributed by atoms with E-state index in [0.29, 0.717) is 13.0 Å². The third kappa shape index (κ3) is 3.44. The van der Waals surface area contributed by atoms with Crippen LogP contribution in [0.25, 0.3) is 5.69 Å². The lowest BCUT2D eigenvalue weighted by atomic mass is 10.2. The predicted octanol–water partition coefficient (Wildman–Crippen LogP) is 2.26. The van der Waals surface area contributed by atoms with Gasteiger partial charge in [-0.1, -0.05) is 18.2 Å². The largest absolute Gasteiger partial charge is 0.312 e. The number of imidazole rings is 1. The summed E-state index contributed by atoms with van der Waals surface area (Å²) in [5.74, 6) is -0.0383. The highest BCUT2D eigenvalue weighted by Gasteiger charge is 2.24. The fraction of sp³-hybridized carbons (Fsp3) is 0.200. The van der Waals surface area contributed by atoms with Crippen LogP contribution in [0.3, 0.4) is 0 Å². The molecule has 144 valence electrons. The quantitative estimate of drug-likeness (QED) is 0.717. The molecule has 0 saturated carbocycles. The van der Waals surface area contributed by atoms with Gasteiger partial charge in [-0.15, -0.1) is 0 Å². The second-order valence-corrected chi connectivity index (χ2v) is 8.40. The summed E-state index contributed by atoms with van der Waals surface area (Å²) >= 11 is 0. The van der Waals surface area contributed by atoms with Gasteiger partial charge in [0.25, 0.3) is 0 Å². The number of sulfonamides is 1. The van der Waals surface area contributed by atoms with Gasteiger partial charge in [-0.25, -0.2) is 18.1 Å². The molecule has 0 spiro atoms. The molecule has 2 aromatic carbocycles. The molecule has 0 radical (unpaired) electrons. The van der Waals surface area contributed by atoms with Gasteiger partial charge in [0.1, 0.15) is 0 Å². The second-order valence-electron chi connectivity index (χ2n) is 6.63. The lowest BCUT2D eigenvalue weighted by Gasteiger charge is -2.15. The van der Waals surface area contributed by atoms with E-state index in [1.54, 1.807) is 35.6 Å². The van der Waals surface area contributed by atoms with Gasteiger partial charge < -0.3 is 9.47 Å². The van der Waals surface area contributed by atoms with Crippen molar-refractivity contribution in [2.75, 3.05) is 11.4 Å². The Bertz CT molecular complexity index is 1120. The first-order chi connectivity index (χ1) is 13.5. The zero-order valence-electron chi connectivity index (χ0n) is 15.4. The Morgan fingerprint density at radius 2 is 2.00 bits per heavy atom. The molecule has 7 nitrogen and oxygen atoms in total. The summed E-state index contributed by atoms with van der Waals surface area (Å²) in [5, 5.41) is 0. The summed E-state index contributed by atoms with van der Waals surface area (Å²) in [6.07, 6.45) is 5.82. The van der Waals surface area contributed by atoms with Crippen LogP contribution in [-0.2, 0) is 27.8 Å². The van der Waals surface area contributed by atoms with Crippen molar-refractivity contribution >= 4 is 21.6 Å². The van der Waals surface area contributed by atoms with Crippen LogP contribution in [0, 0.1) is 0 Å². The number of amides is 1. The Morgan fingerprint density at radius 1 is 1.18 bits per heavy atom. The number of anilines is 1. The molecule has 0 saturated heterocycles. The maximum atomic E-state index is 12.8. The van der Waals surface area contributed by atoms with E-state index in [1.165, 1.54) is 6.92 Å². The van der Waals surface area contributed by atoms with Gasteiger partial charge in [-0.3, -0.25) is 4.79 Å². The van der Waals surface area contributed by atoms with E-state index < -0.39 is 10.0 Å². The van der Waals surface area contributed by atoms with E-state index >= 15 is 0 Å². The molecule has 2 heterocycles. The summed E-state index contributed by atoms with van der Waals surface area (Å²) < 4.78 is 30.1. The smallest absolute Gasteiger partial charge is 0.240 e. The van der Waals surface area contributed by atoms with Gasteiger partial charge >= 0.3 is 0 Å². The minimum absolute atomic E-state index is 0.0383. The van der Waals surface area contributed by atoms with E-state index in [-0.39, 0.29) is 17.3 Å². The van der Waals surface area contributed by atoms with Crippen LogP contribution in [0.4, 0.5) is 5.69 Å². The number of carbonyl (C=O) groups excluding carboxylic acids is 1. The zero-order chi connectivity index (χ0) is 19.7. The summed E-state index contributed by atoms with van der Waals surface area (Å²) in [6.45, 7) is 2.26. The van der Waals surface area contributed by atoms with Crippen molar-refractivity contribution in [3.8, 4) is 5.69 Å². The van der Waals surface area contributed by atoms with E-state index in [4.69, 9.17) is 0 Å². The molecular formula is C20H20N4O3S. The maximum absolute atomic E-state index is 12.8. The Morgan fingerprint density at radius 3 is 2.75 bits per heavy atom. The van der Waals surface area contributed by atoms with Crippen LogP contribution in [0.2, 0.25) is 0 Å². The average molecular weight is 396 g/mol. The Balaban J connectivity index is 1.56. The van der Waals surface area contributed by atoms with Gasteiger partial charge in [0, 0.05) is 38.1 Å². The number of fused-ring (bicyclic) bond motifs is 1. The third-order valence-corrected chi connectivity index (χ3v) is 6.26. The summed E-state index contributed by atoms with van der Waals surface area (Å²) in [5.41, 5.74) is 3.37. The number of benzene rings is 2. The molecule has 0 aliphatic carbocycles. The topological polar surface area (TPSA) is 84.3 Å². The first kappa shape index (κ1) is 18.4. The van der Waals surface area contributed by atoms with Crippen LogP contribution in [0.15, 0.2) is 66.1 Å². The third-order valence-electron chi connectivity index (χ3n) is 4.86. The molecule has 0 atom stereocenters. The van der Waals surface area contributed by atoms with Crippen molar-refractivity contribution in [3.63, 3.8) is 0 Å². The fourth-order valence-corrected chi connectivity index (χ4v) is 4.50. The Labute approximate surface area is 163 Å². The van der Waals surface area contributed by atoms with E-state index in [2.05, 4.69) is 9.71 Å². The van der Waals surface area contributed by atoms with E-state index in [1.807, 2.05) is 35.0 Å². The number of nitrogens with zero attached hydrogens (tertiary/aromatic N) is 3. The van der Waals surface area contributed by atoms with Crippen LogP contribution in [-0.4, -0.2) is 30.4 Å². The molecule has 0 unspecified atom stereocenters. The minimum atomic E-state index is -3.68. The maximum Gasteiger partial charge on any atom is 0.240 e. The van der Waals surface area contributed by atoms with Gasteiger partial charge in [-0.05, 0) is 41.8 Å². The average Bonchev–Trinajstić information content (AvgIpc) is 3.36. The van der Waals surface area contributed by atoms with Crippen molar-refractivity contribution in [2.45, 2.75) is 24.8 Å². The first-order valence-electron chi connectivity index (χ1n) is 8.92. The summed E-state index contributed by atoms with van der Waals surface area (Å²) in [4.78, 5) is 17.6. The van der Waals surface area contributed by atoms with Gasteiger partial charge in [0.2, 0.25) is 15.9 Å². The van der Waals surface area contributed by atoms with E-state index in [9.17, 15) is 13.2 Å². The molecule has 3 aromatic rings. The lowest BCUT2D eigenvalue weighted by molar-refractivity contribution is -0.116. The Hall–Kier alpha value is -2.97. The highest BCUT2D eigenvalue weighted by molar-refractivity contribution is 7.89. The lowest BCUT2D eigenvalue weighted by Crippen LogP contribution is -2.26. The monoisotopic (exact) mass is 396 g/mol. The number of hydrogen-bond acceptors (Lipinski definition) is 4. The zero-order valence-corrected chi connectivity index (χ0v) is 16.2. The van der Waals surface area contributed by atoms with Crippen LogP contribution in [0.5, 0.6) is 0 Å². The van der Waals surface area contributed by atoms with E-state index in [0.717, 1.165) is 22.5 Å². The number of aromatic nitrogens is 2. The Kier molecular flexibility index (Phi) is 4.74. The molecule has 1 amide bonds. The molecule has 28 heavy (non-hydrogen) atoms. The highest BCUT2D eigenvalue weighted by atomic mass is 32.2. The SMILES string of the molecule is CC(=O)N1CCc2cc(S(=O)(=O)NCc3ccccc3-n3ccnc3)ccc21. The normalized spacial score (nSPS) is 13.5. The fourth-order valence-electron chi connectivity index (χ4n) is 3.44. The van der Waals surface area contributed by atoms with Crippen molar-refractivity contribution < 1.29 is 13.2 Å². The van der Waals surface area contributed by atoms with Gasteiger partial charge in [-0.2, -0.15) is 0 Å². The van der Waals surface area contributed by atoms with Crippen molar-refractivity contribution in [1.29, 1.82) is 0 Å². The predicted molar refractivity (Wildman–Crippen MR) is 106 cm³/mol. The molecule has 8 heteroatoms. The molecule has 1 aliphatic rings. The molecule has 4 rings (SSSR count). The number of rotatable bonds is 5. The second kappa shape index (κ2) is 7.21. The van der Waals surface area contributed by atoms with Crippen molar-refractivity contribution in [3.05, 3.63) is 72.3 Å². The molecule has 0 fully saturated rings. The number of carbonyl (C=O) groups is 1. The standard InChI is InChI=1S/C20H20N4O3S/c1-15(25)24-10-8-16-12-18(6-7-20(16)24)28(26,27)22-13-17-4-2-3-5-19(17)23-11-9-21-14-23/h2-7,9,11-12,14,22H,8,10,13H2,1H3. The number of nitrogens with one attached hydrogen (secondary N) is 1. The van der Waals surface area contributed by atoms with Crippen LogP contribution in [0.1, 0.15) is 18.1 Å². The van der Waals surface area contributed by atoms with Gasteiger partial charge in [0.15, 0.2) is 0 Å². The molecule has 0 bridgehead atoms. The van der Waals surface area contributed by atoms with Crippen molar-refractivity contribution in [1.82, 2.24) is 14.3 Å². The van der Waals surface area contributed by atoms with Crippen molar-refractivity contribution in [2.24, 2.45) is 0 Å². The molecule has 1 aliphatic heterocycles. The van der Waals surface area contributed by atoms with Crippen LogP contribution < -0.4 is 9.62 Å². The molecule has 1 aromatic heterocycles. The minimum Gasteiger partial charge on any atom is -0.312 e. The highest BCUT2D eigenvalue weighted by Crippen LogP contribution is 2.30. The number of para-hydroxylation sites is 1. The molecule has 1 N–H and O–H groups in total. The van der Waals surface area contributed by atoms with Gasteiger partial charge in [0.05, 0.1) is 16.9 Å². The number of hydrogen-bond donors (Lipinski definition) is 1. The molecular weight excluding hydrogens is 376 g/mol.